The largest absolute Gasteiger partial charge is 0.420 e. The number of halogens is 8. The first kappa shape index (κ1) is 22.0. The molecule has 0 unspecified atom stereocenters. The lowest BCUT2D eigenvalue weighted by atomic mass is 10.0. The van der Waals surface area contributed by atoms with Crippen LogP contribution in [0.1, 0.15) is 6.92 Å². The number of rotatable bonds is 6. The Morgan fingerprint density at radius 2 is 1.50 bits per heavy atom. The zero-order valence-electron chi connectivity index (χ0n) is 12.7. The van der Waals surface area contributed by atoms with Crippen molar-refractivity contribution in [2.75, 3.05) is 0 Å². The molecule has 5 nitrogen and oxygen atoms in total. The first-order valence-electron chi connectivity index (χ1n) is 6.35. The Bertz CT molecular complexity index is 775. The van der Waals surface area contributed by atoms with Crippen molar-refractivity contribution in [1.29, 1.82) is 0 Å². The average Bonchev–Trinajstić information content (AvgIpc) is 2.45. The van der Waals surface area contributed by atoms with Crippen molar-refractivity contribution in [2.24, 2.45) is 0 Å². The third-order valence-electron chi connectivity index (χ3n) is 3.07. The van der Waals surface area contributed by atoms with E-state index in [1.165, 1.54) is 10.3 Å². The predicted molar refractivity (Wildman–Crippen MR) is 72.6 cm³/mol. The number of sulfonamides is 1. The minimum atomic E-state index is -5.80. The Labute approximate surface area is 142 Å². The molecular formula is C12H11F8N3O2S. The van der Waals surface area contributed by atoms with E-state index in [1.54, 1.807) is 0 Å². The minimum Gasteiger partial charge on any atom is -0.350 e. The van der Waals surface area contributed by atoms with Gasteiger partial charge in [-0.1, -0.05) is 6.58 Å². The van der Waals surface area contributed by atoms with Crippen LogP contribution in [0.4, 0.5) is 35.1 Å². The highest BCUT2D eigenvalue weighted by molar-refractivity contribution is 7.89. The predicted octanol–water partition coefficient (Wildman–Crippen LogP) is 2.69. The molecule has 0 heterocycles. The summed E-state index contributed by atoms with van der Waals surface area (Å²) in [5, 5.41) is 1.00. The van der Waals surface area contributed by atoms with Crippen LogP contribution in [0.15, 0.2) is 35.5 Å². The summed E-state index contributed by atoms with van der Waals surface area (Å²) in [7, 11) is -4.65. The quantitative estimate of drug-likeness (QED) is 0.496. The standard InChI is InChI=1S/C12H11F8N3O2S/c1-6(21-10(2,11(15,16)17)12(18,19)20)22-23-26(24,25)7-3-4-8(13)9(14)5-7/h3-5,21-23H,1H2,2H3. The lowest BCUT2D eigenvalue weighted by molar-refractivity contribution is -0.299. The van der Waals surface area contributed by atoms with Crippen LogP contribution in [0, 0.1) is 11.6 Å². The van der Waals surface area contributed by atoms with E-state index in [0.29, 0.717) is 12.1 Å². The van der Waals surface area contributed by atoms with Crippen molar-refractivity contribution in [3.05, 3.63) is 42.2 Å². The molecule has 0 fully saturated rings. The van der Waals surface area contributed by atoms with E-state index in [9.17, 15) is 43.5 Å². The number of hydrogen-bond acceptors (Lipinski definition) is 4. The molecule has 0 spiro atoms. The molecule has 0 aromatic heterocycles. The van der Waals surface area contributed by atoms with Crippen molar-refractivity contribution < 1.29 is 43.5 Å². The highest BCUT2D eigenvalue weighted by Gasteiger charge is 2.68. The first-order chi connectivity index (χ1) is 11.5. The summed E-state index contributed by atoms with van der Waals surface area (Å²) in [5.41, 5.74) is -2.94. The molecule has 0 amide bonds. The van der Waals surface area contributed by atoms with Gasteiger partial charge in [0.05, 0.1) is 4.90 Å². The second-order valence-electron chi connectivity index (χ2n) is 5.03. The lowest BCUT2D eigenvalue weighted by Gasteiger charge is -2.36. The zero-order valence-corrected chi connectivity index (χ0v) is 13.5. The Kier molecular flexibility index (Phi) is 5.83. The van der Waals surface area contributed by atoms with Crippen molar-refractivity contribution in [1.82, 2.24) is 15.6 Å². The second-order valence-corrected chi connectivity index (χ2v) is 6.71. The van der Waals surface area contributed by atoms with Crippen LogP contribution in [0.3, 0.4) is 0 Å². The maximum Gasteiger partial charge on any atom is 0.420 e. The van der Waals surface area contributed by atoms with Crippen molar-refractivity contribution in [3.8, 4) is 0 Å². The fraction of sp³-hybridized carbons (Fsp3) is 0.333. The molecule has 0 saturated carbocycles. The van der Waals surface area contributed by atoms with Gasteiger partial charge in [0.25, 0.3) is 10.0 Å². The summed E-state index contributed by atoms with van der Waals surface area (Å²) in [6, 6.07) is 1.33. The second kappa shape index (κ2) is 6.90. The Morgan fingerprint density at radius 1 is 1.00 bits per heavy atom. The van der Waals surface area contributed by atoms with Crippen LogP contribution in [-0.2, 0) is 10.0 Å². The van der Waals surface area contributed by atoms with Gasteiger partial charge in [-0.25, -0.2) is 17.2 Å². The molecule has 0 radical (unpaired) electrons. The normalized spacial score (nSPS) is 13.4. The summed E-state index contributed by atoms with van der Waals surface area (Å²) in [6.07, 6.45) is -11.6. The fourth-order valence-corrected chi connectivity index (χ4v) is 2.35. The van der Waals surface area contributed by atoms with E-state index in [2.05, 4.69) is 6.58 Å². The molecule has 0 aliphatic rings. The van der Waals surface area contributed by atoms with Crippen molar-refractivity contribution in [2.45, 2.75) is 29.7 Å². The molecule has 148 valence electrons. The molecule has 0 aliphatic heterocycles. The SMILES string of the molecule is C=C(NNS(=O)(=O)c1ccc(F)c(F)c1)NC(C)(C(F)(F)F)C(F)(F)F. The Morgan fingerprint density at radius 3 is 1.92 bits per heavy atom. The van der Waals surface area contributed by atoms with Crippen LogP contribution in [0.2, 0.25) is 0 Å². The number of hydrazine groups is 1. The number of hydrogen-bond donors (Lipinski definition) is 3. The van der Waals surface area contributed by atoms with Crippen molar-refractivity contribution in [3.63, 3.8) is 0 Å². The third-order valence-corrected chi connectivity index (χ3v) is 4.32. The van der Waals surface area contributed by atoms with Crippen molar-refractivity contribution >= 4 is 10.0 Å². The minimum absolute atomic E-state index is 0.219. The summed E-state index contributed by atoms with van der Waals surface area (Å²) in [4.78, 5) is 0.542. The third kappa shape index (κ3) is 4.55. The van der Waals surface area contributed by atoms with Gasteiger partial charge >= 0.3 is 12.4 Å². The van der Waals surface area contributed by atoms with Gasteiger partial charge in [0.2, 0.25) is 5.54 Å². The van der Waals surface area contributed by atoms with Crippen LogP contribution in [-0.4, -0.2) is 26.3 Å². The van der Waals surface area contributed by atoms with Gasteiger partial charge in [0.1, 0.15) is 5.82 Å². The molecule has 14 heteroatoms. The summed E-state index contributed by atoms with van der Waals surface area (Å²) in [5.74, 6) is -4.10. The Balaban J connectivity index is 2.92. The van der Waals surface area contributed by atoms with Gasteiger partial charge in [0, 0.05) is 0 Å². The van der Waals surface area contributed by atoms with Crippen LogP contribution in [0.25, 0.3) is 0 Å². The fourth-order valence-electron chi connectivity index (χ4n) is 1.47. The monoisotopic (exact) mass is 413 g/mol. The van der Waals surface area contributed by atoms with E-state index in [1.807, 2.05) is 0 Å². The first-order valence-corrected chi connectivity index (χ1v) is 7.83. The summed E-state index contributed by atoms with van der Waals surface area (Å²) >= 11 is 0. The summed E-state index contributed by atoms with van der Waals surface area (Å²) in [6.45, 7) is 2.59. The van der Waals surface area contributed by atoms with Gasteiger partial charge in [-0.15, -0.1) is 4.83 Å². The molecule has 0 bridgehead atoms. The zero-order chi connectivity index (χ0) is 20.6. The molecule has 0 atom stereocenters. The van der Waals surface area contributed by atoms with E-state index in [4.69, 9.17) is 0 Å². The smallest absolute Gasteiger partial charge is 0.350 e. The van der Waals surface area contributed by atoms with Crippen LogP contribution in [0.5, 0.6) is 0 Å². The van der Waals surface area contributed by atoms with E-state index in [0.717, 1.165) is 5.32 Å². The molecule has 0 aliphatic carbocycles. The lowest BCUT2D eigenvalue weighted by Crippen LogP contribution is -2.65. The average molecular weight is 413 g/mol. The molecule has 26 heavy (non-hydrogen) atoms. The number of alkyl halides is 6. The molecule has 1 rings (SSSR count). The number of nitrogens with one attached hydrogen (secondary N) is 3. The molecule has 3 N–H and O–H groups in total. The van der Waals surface area contributed by atoms with Crippen LogP contribution < -0.4 is 15.6 Å². The van der Waals surface area contributed by atoms with Gasteiger partial charge < -0.3 is 5.32 Å². The highest BCUT2D eigenvalue weighted by Crippen LogP contribution is 2.42. The van der Waals surface area contributed by atoms with Gasteiger partial charge in [-0.05, 0) is 25.1 Å². The molecule has 1 aromatic carbocycles. The van der Waals surface area contributed by atoms with E-state index >= 15 is 0 Å². The van der Waals surface area contributed by atoms with Crippen LogP contribution >= 0.6 is 0 Å². The highest BCUT2D eigenvalue weighted by atomic mass is 32.2. The van der Waals surface area contributed by atoms with Gasteiger partial charge in [-0.2, -0.15) is 26.3 Å². The maximum absolute atomic E-state index is 13.0. The number of benzene rings is 1. The topological polar surface area (TPSA) is 70.2 Å². The van der Waals surface area contributed by atoms with E-state index in [-0.39, 0.29) is 13.0 Å². The summed E-state index contributed by atoms with van der Waals surface area (Å²) < 4.78 is 126. The van der Waals surface area contributed by atoms with Gasteiger partial charge in [0.15, 0.2) is 11.6 Å². The van der Waals surface area contributed by atoms with Gasteiger partial charge in [-0.3, -0.25) is 5.43 Å². The molecular weight excluding hydrogens is 402 g/mol. The molecule has 1 aromatic rings. The van der Waals surface area contributed by atoms with E-state index < -0.39 is 50.3 Å². The Hall–Kier alpha value is -2.09. The molecule has 0 saturated heterocycles. The maximum atomic E-state index is 13.0.